The third-order valence-electron chi connectivity index (χ3n) is 4.00. The van der Waals surface area contributed by atoms with Crippen molar-refractivity contribution in [3.63, 3.8) is 0 Å². The summed E-state index contributed by atoms with van der Waals surface area (Å²) < 4.78 is 0. The lowest BCUT2D eigenvalue weighted by molar-refractivity contribution is -0.131. The zero-order chi connectivity index (χ0) is 15.5. The van der Waals surface area contributed by atoms with Crippen molar-refractivity contribution >= 4 is 28.3 Å². The van der Waals surface area contributed by atoms with E-state index < -0.39 is 5.92 Å². The van der Waals surface area contributed by atoms with Crippen LogP contribution in [-0.2, 0) is 9.59 Å². The van der Waals surface area contributed by atoms with Crippen LogP contribution in [0.5, 0.6) is 0 Å². The van der Waals surface area contributed by atoms with E-state index in [0.717, 1.165) is 16.5 Å². The molecule has 3 rings (SSSR count). The van der Waals surface area contributed by atoms with Crippen LogP contribution in [0.4, 0.5) is 5.69 Å². The number of nitrogens with zero attached hydrogens (tertiary/aromatic N) is 1. The molecule has 1 heterocycles. The lowest BCUT2D eigenvalue weighted by atomic mass is 10.1. The number of hydrogen-bond donors (Lipinski definition) is 1. The Morgan fingerprint density at radius 2 is 2.05 bits per heavy atom. The lowest BCUT2D eigenvalue weighted by Gasteiger charge is -2.19. The third-order valence-corrected chi connectivity index (χ3v) is 4.00. The molecule has 1 aliphatic rings. The number of amides is 2. The molecule has 0 radical (unpaired) electrons. The average molecular weight is 294 g/mol. The summed E-state index contributed by atoms with van der Waals surface area (Å²) in [6, 6.07) is 13.9. The maximum Gasteiger partial charge on any atom is 0.239 e. The highest BCUT2D eigenvalue weighted by molar-refractivity contribution is 6.12. The molecule has 1 fully saturated rings. The average Bonchev–Trinajstić information content (AvgIpc) is 2.93. The first-order valence-electron chi connectivity index (χ1n) is 7.40. The fraction of sp³-hybridized carbons (Fsp3) is 0.222. The Hall–Kier alpha value is -2.62. The topological polar surface area (TPSA) is 49.4 Å². The zero-order valence-corrected chi connectivity index (χ0v) is 12.3. The number of carbonyl (C=O) groups excluding carboxylic acids is 2. The van der Waals surface area contributed by atoms with Gasteiger partial charge >= 0.3 is 0 Å². The van der Waals surface area contributed by atoms with E-state index in [1.165, 1.54) is 0 Å². The third kappa shape index (κ3) is 2.48. The molecular formula is C18H18N2O2. The molecule has 112 valence electrons. The van der Waals surface area contributed by atoms with Crippen LogP contribution in [0, 0.1) is 5.92 Å². The molecule has 0 aliphatic carbocycles. The number of fused-ring (bicyclic) bond motifs is 1. The van der Waals surface area contributed by atoms with Crippen LogP contribution in [0.15, 0.2) is 55.1 Å². The van der Waals surface area contributed by atoms with Gasteiger partial charge in [0, 0.05) is 18.5 Å². The van der Waals surface area contributed by atoms with Crippen molar-refractivity contribution in [2.45, 2.75) is 6.42 Å². The van der Waals surface area contributed by atoms with Gasteiger partial charge in [-0.05, 0) is 17.9 Å². The molecule has 1 aliphatic heterocycles. The highest BCUT2D eigenvalue weighted by Crippen LogP contribution is 2.31. The second-order valence-electron chi connectivity index (χ2n) is 5.36. The predicted octanol–water partition coefficient (Wildman–Crippen LogP) is 2.49. The van der Waals surface area contributed by atoms with Crippen LogP contribution in [0.1, 0.15) is 6.42 Å². The quantitative estimate of drug-likeness (QED) is 0.696. The maximum atomic E-state index is 12.6. The fourth-order valence-corrected chi connectivity index (χ4v) is 2.90. The van der Waals surface area contributed by atoms with Crippen LogP contribution in [0.2, 0.25) is 0 Å². The number of anilines is 1. The minimum absolute atomic E-state index is 0.127. The van der Waals surface area contributed by atoms with Gasteiger partial charge in [0.25, 0.3) is 0 Å². The molecule has 1 atom stereocenters. The highest BCUT2D eigenvalue weighted by Gasteiger charge is 2.37. The van der Waals surface area contributed by atoms with Crippen molar-refractivity contribution in [3.8, 4) is 0 Å². The SMILES string of the molecule is C=CCNC(=O)[C@@H]1CCN(c2cccc3ccccc23)C1=O. The summed E-state index contributed by atoms with van der Waals surface area (Å²) >= 11 is 0. The van der Waals surface area contributed by atoms with Gasteiger partial charge in [-0.2, -0.15) is 0 Å². The van der Waals surface area contributed by atoms with Gasteiger partial charge in [0.1, 0.15) is 5.92 Å². The summed E-state index contributed by atoms with van der Waals surface area (Å²) in [5.41, 5.74) is 0.877. The molecule has 2 aromatic rings. The number of rotatable bonds is 4. The van der Waals surface area contributed by atoms with Crippen molar-refractivity contribution in [2.24, 2.45) is 5.92 Å². The number of benzene rings is 2. The number of hydrogen-bond acceptors (Lipinski definition) is 2. The van der Waals surface area contributed by atoms with Gasteiger partial charge in [-0.25, -0.2) is 0 Å². The normalized spacial score (nSPS) is 17.7. The molecule has 0 unspecified atom stereocenters. The van der Waals surface area contributed by atoms with Gasteiger partial charge < -0.3 is 10.2 Å². The van der Waals surface area contributed by atoms with Crippen molar-refractivity contribution in [1.29, 1.82) is 0 Å². The minimum atomic E-state index is -0.598. The smallest absolute Gasteiger partial charge is 0.239 e. The van der Waals surface area contributed by atoms with Crippen molar-refractivity contribution in [3.05, 3.63) is 55.1 Å². The summed E-state index contributed by atoms with van der Waals surface area (Å²) in [6.07, 6.45) is 2.16. The zero-order valence-electron chi connectivity index (χ0n) is 12.3. The maximum absolute atomic E-state index is 12.6. The van der Waals surface area contributed by atoms with Gasteiger partial charge in [-0.1, -0.05) is 42.5 Å². The van der Waals surface area contributed by atoms with Crippen molar-refractivity contribution < 1.29 is 9.59 Å². The van der Waals surface area contributed by atoms with Crippen LogP contribution in [0.25, 0.3) is 10.8 Å². The van der Waals surface area contributed by atoms with Gasteiger partial charge in [0.05, 0.1) is 5.69 Å². The van der Waals surface area contributed by atoms with E-state index in [1.54, 1.807) is 11.0 Å². The molecule has 0 spiro atoms. The molecule has 4 nitrogen and oxygen atoms in total. The van der Waals surface area contributed by atoms with Crippen LogP contribution in [-0.4, -0.2) is 24.9 Å². The molecular weight excluding hydrogens is 276 g/mol. The van der Waals surface area contributed by atoms with Gasteiger partial charge in [0.15, 0.2) is 0 Å². The summed E-state index contributed by atoms with van der Waals surface area (Å²) in [4.78, 5) is 26.4. The molecule has 0 aromatic heterocycles. The minimum Gasteiger partial charge on any atom is -0.352 e. The van der Waals surface area contributed by atoms with Crippen LogP contribution >= 0.6 is 0 Å². The number of carbonyl (C=O) groups is 2. The molecule has 2 aromatic carbocycles. The Bertz CT molecular complexity index is 733. The van der Waals surface area contributed by atoms with Crippen LogP contribution in [0.3, 0.4) is 0 Å². The first-order chi connectivity index (χ1) is 10.7. The summed E-state index contributed by atoms with van der Waals surface area (Å²) in [7, 11) is 0. The lowest BCUT2D eigenvalue weighted by Crippen LogP contribution is -2.36. The first-order valence-corrected chi connectivity index (χ1v) is 7.40. The van der Waals surface area contributed by atoms with Gasteiger partial charge in [-0.3, -0.25) is 9.59 Å². The molecule has 0 saturated carbocycles. The molecule has 4 heteroatoms. The second-order valence-corrected chi connectivity index (χ2v) is 5.36. The summed E-state index contributed by atoms with van der Waals surface area (Å²) in [5.74, 6) is -0.940. The Morgan fingerprint density at radius 3 is 2.86 bits per heavy atom. The molecule has 2 amide bonds. The molecule has 1 N–H and O–H groups in total. The standard InChI is InChI=1S/C18H18N2O2/c1-2-11-19-17(21)15-10-12-20(18(15)22)16-9-5-7-13-6-3-4-8-14(13)16/h2-9,15H,1,10-12H2,(H,19,21)/t15-/m0/s1. The Kier molecular flexibility index (Phi) is 3.92. The van der Waals surface area contributed by atoms with E-state index in [2.05, 4.69) is 11.9 Å². The second kappa shape index (κ2) is 6.02. The molecule has 0 bridgehead atoms. The van der Waals surface area contributed by atoms with E-state index in [-0.39, 0.29) is 11.8 Å². The van der Waals surface area contributed by atoms with E-state index in [9.17, 15) is 9.59 Å². The van der Waals surface area contributed by atoms with E-state index >= 15 is 0 Å². The summed E-state index contributed by atoms with van der Waals surface area (Å²) in [5, 5.41) is 4.83. The van der Waals surface area contributed by atoms with Crippen molar-refractivity contribution in [1.82, 2.24) is 5.32 Å². The van der Waals surface area contributed by atoms with E-state index in [4.69, 9.17) is 0 Å². The number of nitrogens with one attached hydrogen (secondary N) is 1. The molecule has 1 saturated heterocycles. The largest absolute Gasteiger partial charge is 0.352 e. The Balaban J connectivity index is 1.88. The molecule has 22 heavy (non-hydrogen) atoms. The highest BCUT2D eigenvalue weighted by atomic mass is 16.2. The first kappa shape index (κ1) is 14.3. The van der Waals surface area contributed by atoms with Crippen LogP contribution < -0.4 is 10.2 Å². The Labute approximate surface area is 129 Å². The van der Waals surface area contributed by atoms with Gasteiger partial charge in [0.2, 0.25) is 11.8 Å². The van der Waals surface area contributed by atoms with Crippen molar-refractivity contribution in [2.75, 3.05) is 18.0 Å². The van der Waals surface area contributed by atoms with E-state index in [1.807, 2.05) is 42.5 Å². The Morgan fingerprint density at radius 1 is 1.27 bits per heavy atom. The van der Waals surface area contributed by atoms with Gasteiger partial charge in [-0.15, -0.1) is 6.58 Å². The monoisotopic (exact) mass is 294 g/mol. The fourth-order valence-electron chi connectivity index (χ4n) is 2.90. The predicted molar refractivity (Wildman–Crippen MR) is 87.6 cm³/mol. The summed E-state index contributed by atoms with van der Waals surface area (Å²) in [6.45, 7) is 4.52. The van der Waals surface area contributed by atoms with E-state index in [0.29, 0.717) is 19.5 Å².